The summed E-state index contributed by atoms with van der Waals surface area (Å²) in [5, 5.41) is 0. The van der Waals surface area contributed by atoms with Crippen LogP contribution in [0.25, 0.3) is 10.4 Å². The van der Waals surface area contributed by atoms with Gasteiger partial charge < -0.3 is 0 Å². The van der Waals surface area contributed by atoms with Crippen LogP contribution < -0.4 is 0 Å². The minimum absolute atomic E-state index is 1.19. The van der Waals surface area contributed by atoms with E-state index in [4.69, 9.17) is 0 Å². The Bertz CT molecular complexity index is 437. The van der Waals surface area contributed by atoms with Gasteiger partial charge in [-0.25, -0.2) is 0 Å². The molecule has 0 aliphatic carbocycles. The molecule has 1 heterocycles. The topological polar surface area (TPSA) is 0 Å². The van der Waals surface area contributed by atoms with E-state index in [9.17, 15) is 0 Å². The zero-order valence-corrected chi connectivity index (χ0v) is 10.6. The zero-order valence-electron chi connectivity index (χ0n) is 8.17. The van der Waals surface area contributed by atoms with Crippen molar-refractivity contribution in [2.24, 2.45) is 0 Å². The van der Waals surface area contributed by atoms with Crippen molar-refractivity contribution in [2.45, 2.75) is 13.8 Å². The molecule has 0 aliphatic heterocycles. The molecular formula is C12H11BrS. The van der Waals surface area contributed by atoms with Crippen molar-refractivity contribution < 1.29 is 0 Å². The van der Waals surface area contributed by atoms with Crippen LogP contribution in [0.2, 0.25) is 0 Å². The van der Waals surface area contributed by atoms with E-state index in [0.29, 0.717) is 0 Å². The van der Waals surface area contributed by atoms with Crippen LogP contribution in [0.15, 0.2) is 34.1 Å². The molecule has 0 bridgehead atoms. The first-order chi connectivity index (χ1) is 6.65. The van der Waals surface area contributed by atoms with Gasteiger partial charge >= 0.3 is 0 Å². The summed E-state index contributed by atoms with van der Waals surface area (Å²) in [5.41, 5.74) is 3.97. The summed E-state index contributed by atoms with van der Waals surface area (Å²) >= 11 is 5.26. The first-order valence-corrected chi connectivity index (χ1v) is 6.10. The number of rotatable bonds is 1. The van der Waals surface area contributed by atoms with Gasteiger partial charge in [-0.2, -0.15) is 0 Å². The van der Waals surface area contributed by atoms with E-state index in [1.54, 1.807) is 11.3 Å². The van der Waals surface area contributed by atoms with Gasteiger partial charge in [0.1, 0.15) is 0 Å². The third-order valence-electron chi connectivity index (χ3n) is 2.08. The summed E-state index contributed by atoms with van der Waals surface area (Å²) in [6.45, 7) is 4.28. The predicted octanol–water partition coefficient (Wildman–Crippen LogP) is 4.79. The molecule has 0 spiro atoms. The van der Waals surface area contributed by atoms with Crippen molar-refractivity contribution in [1.29, 1.82) is 0 Å². The van der Waals surface area contributed by atoms with E-state index >= 15 is 0 Å². The molecule has 1 aromatic carbocycles. The fourth-order valence-corrected chi connectivity index (χ4v) is 2.96. The molecule has 2 rings (SSSR count). The quantitative estimate of drug-likeness (QED) is 0.696. The lowest BCUT2D eigenvalue weighted by atomic mass is 10.1. The van der Waals surface area contributed by atoms with Gasteiger partial charge in [0.15, 0.2) is 0 Å². The largest absolute Gasteiger partial charge is 0.128 e. The van der Waals surface area contributed by atoms with Crippen LogP contribution in [0.5, 0.6) is 0 Å². The molecule has 0 amide bonds. The summed E-state index contributed by atoms with van der Waals surface area (Å²) < 4.78 is 1.19. The monoisotopic (exact) mass is 266 g/mol. The second kappa shape index (κ2) is 3.87. The maximum Gasteiger partial charge on any atom is 0.0705 e. The lowest BCUT2D eigenvalue weighted by Gasteiger charge is -2.01. The lowest BCUT2D eigenvalue weighted by Crippen LogP contribution is -1.79. The molecule has 0 fully saturated rings. The Kier molecular flexibility index (Phi) is 2.75. The molecule has 0 aliphatic rings. The summed E-state index contributed by atoms with van der Waals surface area (Å²) in [6.07, 6.45) is 0. The van der Waals surface area contributed by atoms with Gasteiger partial charge in [0, 0.05) is 4.88 Å². The minimum atomic E-state index is 1.19. The lowest BCUT2D eigenvalue weighted by molar-refractivity contribution is 1.39. The highest BCUT2D eigenvalue weighted by atomic mass is 79.9. The highest BCUT2D eigenvalue weighted by Gasteiger charge is 2.02. The van der Waals surface area contributed by atoms with Gasteiger partial charge in [-0.05, 0) is 47.5 Å². The molecule has 0 radical (unpaired) electrons. The molecule has 1 aromatic heterocycles. The molecule has 2 heteroatoms. The number of hydrogen-bond donors (Lipinski definition) is 0. The second-order valence-corrected chi connectivity index (χ2v) is 5.94. The van der Waals surface area contributed by atoms with Crippen LogP contribution in [0.1, 0.15) is 11.1 Å². The van der Waals surface area contributed by atoms with Crippen molar-refractivity contribution in [3.8, 4) is 10.4 Å². The third-order valence-corrected chi connectivity index (χ3v) is 3.75. The third kappa shape index (κ3) is 2.07. The van der Waals surface area contributed by atoms with Gasteiger partial charge in [-0.15, -0.1) is 11.3 Å². The molecule has 72 valence electrons. The normalized spacial score (nSPS) is 10.5. The molecule has 0 saturated carbocycles. The van der Waals surface area contributed by atoms with Gasteiger partial charge in [0.25, 0.3) is 0 Å². The van der Waals surface area contributed by atoms with Crippen molar-refractivity contribution >= 4 is 27.3 Å². The number of thiophene rings is 1. The number of aryl methyl sites for hydroxylation is 2. The van der Waals surface area contributed by atoms with E-state index < -0.39 is 0 Å². The van der Waals surface area contributed by atoms with Crippen LogP contribution in [0.3, 0.4) is 0 Å². The van der Waals surface area contributed by atoms with Crippen molar-refractivity contribution in [2.75, 3.05) is 0 Å². The summed E-state index contributed by atoms with van der Waals surface area (Å²) in [7, 11) is 0. The average Bonchev–Trinajstić information content (AvgIpc) is 2.50. The molecule has 0 N–H and O–H groups in total. The van der Waals surface area contributed by atoms with Gasteiger partial charge in [-0.3, -0.25) is 0 Å². The molecular weight excluding hydrogens is 256 g/mol. The van der Waals surface area contributed by atoms with Crippen LogP contribution >= 0.6 is 27.3 Å². The summed E-state index contributed by atoms with van der Waals surface area (Å²) in [5.74, 6) is 0. The fourth-order valence-electron chi connectivity index (χ4n) is 1.59. The van der Waals surface area contributed by atoms with E-state index in [1.165, 1.54) is 25.4 Å². The van der Waals surface area contributed by atoms with E-state index in [1.807, 2.05) is 0 Å². The molecule has 14 heavy (non-hydrogen) atoms. The van der Waals surface area contributed by atoms with Crippen LogP contribution in [0, 0.1) is 13.8 Å². The molecule has 0 unspecified atom stereocenters. The Morgan fingerprint density at radius 2 is 1.64 bits per heavy atom. The van der Waals surface area contributed by atoms with Crippen molar-refractivity contribution in [3.05, 3.63) is 45.2 Å². The Balaban J connectivity index is 2.51. The Morgan fingerprint density at radius 1 is 1.00 bits per heavy atom. The number of halogens is 1. The van der Waals surface area contributed by atoms with Gasteiger partial charge in [0.2, 0.25) is 0 Å². The molecule has 2 aromatic rings. The highest BCUT2D eigenvalue weighted by molar-refractivity contribution is 9.11. The predicted molar refractivity (Wildman–Crippen MR) is 66.9 cm³/mol. The molecule has 0 saturated heterocycles. The average molecular weight is 267 g/mol. The van der Waals surface area contributed by atoms with Crippen LogP contribution in [-0.4, -0.2) is 0 Å². The highest BCUT2D eigenvalue weighted by Crippen LogP contribution is 2.32. The van der Waals surface area contributed by atoms with Gasteiger partial charge in [-0.1, -0.05) is 29.3 Å². The van der Waals surface area contributed by atoms with E-state index in [-0.39, 0.29) is 0 Å². The van der Waals surface area contributed by atoms with Crippen LogP contribution in [-0.2, 0) is 0 Å². The Hall–Kier alpha value is -0.600. The Morgan fingerprint density at radius 3 is 2.14 bits per heavy atom. The zero-order chi connectivity index (χ0) is 10.1. The van der Waals surface area contributed by atoms with Crippen LogP contribution in [0.4, 0.5) is 0 Å². The summed E-state index contributed by atoms with van der Waals surface area (Å²) in [6, 6.07) is 10.9. The first-order valence-electron chi connectivity index (χ1n) is 4.49. The smallest absolute Gasteiger partial charge is 0.0705 e. The van der Waals surface area contributed by atoms with Crippen molar-refractivity contribution in [3.63, 3.8) is 0 Å². The SMILES string of the molecule is Cc1cc(C)cc(-c2ccc(Br)s2)c1. The van der Waals surface area contributed by atoms with E-state index in [0.717, 1.165) is 0 Å². The fraction of sp³-hybridized carbons (Fsp3) is 0.167. The maximum atomic E-state index is 3.48. The summed E-state index contributed by atoms with van der Waals surface area (Å²) in [4.78, 5) is 1.32. The first kappa shape index (κ1) is 9.94. The second-order valence-electron chi connectivity index (χ2n) is 3.48. The minimum Gasteiger partial charge on any atom is -0.128 e. The number of hydrogen-bond acceptors (Lipinski definition) is 1. The number of benzene rings is 1. The Labute approximate surface area is 96.7 Å². The standard InChI is InChI=1S/C12H11BrS/c1-8-5-9(2)7-10(6-8)11-3-4-12(13)14-11/h3-7H,1-2H3. The maximum absolute atomic E-state index is 3.48. The van der Waals surface area contributed by atoms with E-state index in [2.05, 4.69) is 60.1 Å². The van der Waals surface area contributed by atoms with Crippen molar-refractivity contribution in [1.82, 2.24) is 0 Å². The molecule has 0 nitrogen and oxygen atoms in total. The van der Waals surface area contributed by atoms with Gasteiger partial charge in [0.05, 0.1) is 3.79 Å². The molecule has 0 atom stereocenters.